The molecule has 1 atom stereocenters. The van der Waals surface area contributed by atoms with Gasteiger partial charge in [0, 0.05) is 19.4 Å². The number of nitrogens with one attached hydrogen (secondary N) is 1. The van der Waals surface area contributed by atoms with Gasteiger partial charge < -0.3 is 14.3 Å². The number of nitrogens with zero attached hydrogens (tertiary/aromatic N) is 2. The van der Waals surface area contributed by atoms with Crippen LogP contribution in [0.4, 0.5) is 0 Å². The van der Waals surface area contributed by atoms with Crippen molar-refractivity contribution in [1.29, 1.82) is 0 Å². The third kappa shape index (κ3) is 4.87. The number of furan rings is 1. The summed E-state index contributed by atoms with van der Waals surface area (Å²) >= 11 is 1.58. The highest BCUT2D eigenvalue weighted by molar-refractivity contribution is 7.98. The zero-order chi connectivity index (χ0) is 20.1. The largest absolute Gasteiger partial charge is 0.455 e. The summed E-state index contributed by atoms with van der Waals surface area (Å²) in [5.41, 5.74) is 2.40. The number of carbonyl (C=O) groups is 1. The highest BCUT2D eigenvalue weighted by Gasteiger charge is 2.21. The first-order valence-corrected chi connectivity index (χ1v) is 10.5. The van der Waals surface area contributed by atoms with Gasteiger partial charge in [-0.2, -0.15) is 0 Å². The summed E-state index contributed by atoms with van der Waals surface area (Å²) < 4.78 is 7.72. The highest BCUT2D eigenvalue weighted by Crippen LogP contribution is 2.25. The number of hydrogen-bond acceptors (Lipinski definition) is 4. The third-order valence-corrected chi connectivity index (χ3v) is 5.79. The van der Waals surface area contributed by atoms with Crippen LogP contribution in [0.3, 0.4) is 0 Å². The SMILES string of the molecule is CCc1ccc(C(NC(=O)c2ccc(CSc3nccn3C)o2)C(C)C)cc1. The first-order chi connectivity index (χ1) is 13.5. The van der Waals surface area contributed by atoms with E-state index in [2.05, 4.69) is 55.3 Å². The van der Waals surface area contributed by atoms with E-state index in [1.807, 2.05) is 23.9 Å². The fraction of sp³-hybridized carbons (Fsp3) is 0.364. The van der Waals surface area contributed by atoms with Crippen LogP contribution in [0.5, 0.6) is 0 Å². The fourth-order valence-corrected chi connectivity index (χ4v) is 3.84. The number of rotatable bonds is 8. The number of thioether (sulfide) groups is 1. The van der Waals surface area contributed by atoms with Crippen LogP contribution < -0.4 is 5.32 Å². The third-order valence-electron chi connectivity index (χ3n) is 4.71. The Bertz CT molecular complexity index is 912. The van der Waals surface area contributed by atoms with Gasteiger partial charge in [0.15, 0.2) is 10.9 Å². The standard InChI is InChI=1S/C22H27N3O2S/c1-5-16-6-8-17(9-7-16)20(15(2)3)24-21(26)19-11-10-18(27-19)14-28-22-23-12-13-25(22)4/h6-13,15,20H,5,14H2,1-4H3,(H,24,26). The molecule has 1 N–H and O–H groups in total. The molecule has 0 aliphatic heterocycles. The van der Waals surface area contributed by atoms with E-state index in [9.17, 15) is 4.79 Å². The minimum atomic E-state index is -0.188. The number of carbonyl (C=O) groups excluding carboxylic acids is 1. The Morgan fingerprint density at radius 3 is 2.57 bits per heavy atom. The molecule has 6 heteroatoms. The average Bonchev–Trinajstić information content (AvgIpc) is 3.33. The lowest BCUT2D eigenvalue weighted by molar-refractivity contribution is 0.0896. The number of benzene rings is 1. The first-order valence-electron chi connectivity index (χ1n) is 9.56. The second-order valence-corrected chi connectivity index (χ2v) is 8.11. The molecule has 0 aliphatic rings. The van der Waals surface area contributed by atoms with Gasteiger partial charge >= 0.3 is 0 Å². The molecule has 1 unspecified atom stereocenters. The summed E-state index contributed by atoms with van der Waals surface area (Å²) in [6.45, 7) is 6.35. The van der Waals surface area contributed by atoms with Crippen molar-refractivity contribution in [3.8, 4) is 0 Å². The maximum Gasteiger partial charge on any atom is 0.287 e. The van der Waals surface area contributed by atoms with Crippen molar-refractivity contribution >= 4 is 17.7 Å². The Balaban J connectivity index is 1.65. The lowest BCUT2D eigenvalue weighted by Crippen LogP contribution is -2.31. The number of aromatic nitrogens is 2. The van der Waals surface area contributed by atoms with Gasteiger partial charge in [-0.3, -0.25) is 4.79 Å². The molecule has 0 aliphatic carbocycles. The molecule has 1 amide bonds. The molecule has 5 nitrogen and oxygen atoms in total. The van der Waals surface area contributed by atoms with Gasteiger partial charge in [0.25, 0.3) is 5.91 Å². The molecule has 0 radical (unpaired) electrons. The van der Waals surface area contributed by atoms with Crippen molar-refractivity contribution < 1.29 is 9.21 Å². The Labute approximate surface area is 170 Å². The number of hydrogen-bond donors (Lipinski definition) is 1. The van der Waals surface area contributed by atoms with Gasteiger partial charge in [0.1, 0.15) is 5.76 Å². The van der Waals surface area contributed by atoms with Gasteiger partial charge in [-0.1, -0.05) is 56.8 Å². The Morgan fingerprint density at radius 2 is 1.96 bits per heavy atom. The minimum absolute atomic E-state index is 0.0612. The molecule has 0 spiro atoms. The fourth-order valence-electron chi connectivity index (χ4n) is 3.01. The van der Waals surface area contributed by atoms with Crippen LogP contribution in [0.1, 0.15) is 54.3 Å². The van der Waals surface area contributed by atoms with Crippen molar-refractivity contribution in [2.75, 3.05) is 0 Å². The van der Waals surface area contributed by atoms with E-state index in [0.717, 1.165) is 22.9 Å². The normalized spacial score (nSPS) is 12.3. The summed E-state index contributed by atoms with van der Waals surface area (Å²) in [6.07, 6.45) is 4.68. The molecule has 1 aromatic carbocycles. The quantitative estimate of drug-likeness (QED) is 0.544. The van der Waals surface area contributed by atoms with E-state index in [-0.39, 0.29) is 17.9 Å². The van der Waals surface area contributed by atoms with Crippen molar-refractivity contribution in [2.45, 2.75) is 44.1 Å². The van der Waals surface area contributed by atoms with E-state index in [1.165, 1.54) is 5.56 Å². The number of imidazole rings is 1. The van der Waals surface area contributed by atoms with Crippen molar-refractivity contribution in [3.05, 3.63) is 71.4 Å². The zero-order valence-corrected chi connectivity index (χ0v) is 17.6. The van der Waals surface area contributed by atoms with Gasteiger partial charge in [0.2, 0.25) is 0 Å². The van der Waals surface area contributed by atoms with E-state index in [4.69, 9.17) is 4.42 Å². The van der Waals surface area contributed by atoms with Crippen LogP contribution in [0.15, 0.2) is 58.4 Å². The van der Waals surface area contributed by atoms with E-state index >= 15 is 0 Å². The topological polar surface area (TPSA) is 60.1 Å². The lowest BCUT2D eigenvalue weighted by atomic mass is 9.95. The van der Waals surface area contributed by atoms with Crippen LogP contribution >= 0.6 is 11.8 Å². The monoisotopic (exact) mass is 397 g/mol. The average molecular weight is 398 g/mol. The number of amides is 1. The van der Waals surface area contributed by atoms with Gasteiger partial charge in [-0.15, -0.1) is 0 Å². The predicted molar refractivity (Wildman–Crippen MR) is 112 cm³/mol. The summed E-state index contributed by atoms with van der Waals surface area (Å²) in [6, 6.07) is 12.0. The van der Waals surface area contributed by atoms with Crippen LogP contribution in [0.25, 0.3) is 0 Å². The molecule has 2 aromatic heterocycles. The van der Waals surface area contributed by atoms with Crippen LogP contribution in [0, 0.1) is 5.92 Å². The summed E-state index contributed by atoms with van der Waals surface area (Å²) in [4.78, 5) is 17.0. The summed E-state index contributed by atoms with van der Waals surface area (Å²) in [5.74, 6) is 1.80. The molecule has 0 bridgehead atoms. The van der Waals surface area contributed by atoms with Gasteiger partial charge in [0.05, 0.1) is 11.8 Å². The Hall–Kier alpha value is -2.47. The van der Waals surface area contributed by atoms with E-state index in [0.29, 0.717) is 11.5 Å². The van der Waals surface area contributed by atoms with Crippen LogP contribution in [0.2, 0.25) is 0 Å². The molecule has 0 saturated heterocycles. The summed E-state index contributed by atoms with van der Waals surface area (Å²) in [7, 11) is 1.95. The molecule has 3 rings (SSSR count). The zero-order valence-electron chi connectivity index (χ0n) is 16.8. The highest BCUT2D eigenvalue weighted by atomic mass is 32.2. The van der Waals surface area contributed by atoms with Crippen LogP contribution in [-0.4, -0.2) is 15.5 Å². The van der Waals surface area contributed by atoms with Crippen LogP contribution in [-0.2, 0) is 19.2 Å². The molecule has 3 aromatic rings. The molecule has 2 heterocycles. The maximum atomic E-state index is 12.7. The first kappa shape index (κ1) is 20.3. The molecule has 0 saturated carbocycles. The number of aryl methyl sites for hydroxylation is 2. The second-order valence-electron chi connectivity index (χ2n) is 7.17. The molecule has 28 heavy (non-hydrogen) atoms. The van der Waals surface area contributed by atoms with Crippen molar-refractivity contribution in [3.63, 3.8) is 0 Å². The van der Waals surface area contributed by atoms with Crippen molar-refractivity contribution in [1.82, 2.24) is 14.9 Å². The smallest absolute Gasteiger partial charge is 0.287 e. The molecular formula is C22H27N3O2S. The molecular weight excluding hydrogens is 370 g/mol. The van der Waals surface area contributed by atoms with Gasteiger partial charge in [-0.05, 0) is 35.6 Å². The Kier molecular flexibility index (Phi) is 6.62. The van der Waals surface area contributed by atoms with Gasteiger partial charge in [-0.25, -0.2) is 4.98 Å². The predicted octanol–water partition coefficient (Wildman–Crippen LogP) is 4.99. The lowest BCUT2D eigenvalue weighted by Gasteiger charge is -2.22. The molecule has 0 fully saturated rings. The summed E-state index contributed by atoms with van der Waals surface area (Å²) in [5, 5.41) is 4.04. The second kappa shape index (κ2) is 9.15. The maximum absolute atomic E-state index is 12.7. The van der Waals surface area contributed by atoms with E-state index < -0.39 is 0 Å². The Morgan fingerprint density at radius 1 is 1.21 bits per heavy atom. The van der Waals surface area contributed by atoms with Crippen molar-refractivity contribution in [2.24, 2.45) is 13.0 Å². The minimum Gasteiger partial charge on any atom is -0.455 e. The molecule has 148 valence electrons. The van der Waals surface area contributed by atoms with E-state index in [1.54, 1.807) is 24.0 Å².